The van der Waals surface area contributed by atoms with Crippen LogP contribution in [-0.2, 0) is 4.79 Å². The number of nitrogens with one attached hydrogen (secondary N) is 4. The fourth-order valence-corrected chi connectivity index (χ4v) is 3.68. The van der Waals surface area contributed by atoms with E-state index in [1.165, 1.54) is 5.69 Å². The van der Waals surface area contributed by atoms with Crippen molar-refractivity contribution < 1.29 is 4.79 Å². The molecule has 24 heavy (non-hydrogen) atoms. The van der Waals surface area contributed by atoms with Gasteiger partial charge in [0.2, 0.25) is 5.91 Å². The first-order chi connectivity index (χ1) is 11.8. The highest BCUT2D eigenvalue weighted by Gasteiger charge is 2.40. The first-order valence-electron chi connectivity index (χ1n) is 9.09. The number of hydrazine groups is 1. The zero-order valence-electron chi connectivity index (χ0n) is 14.4. The van der Waals surface area contributed by atoms with Crippen LogP contribution in [0.2, 0.25) is 0 Å². The average molecular weight is 331 g/mol. The molecule has 1 aromatic carbocycles. The first kappa shape index (κ1) is 17.2. The molecule has 3 atom stereocenters. The number of para-hydroxylation sites is 1. The topological polar surface area (TPSA) is 68.4 Å². The molecule has 2 aliphatic rings. The number of hydrogen-bond donors (Lipinski definition) is 4. The molecule has 2 heterocycles. The molecule has 0 radical (unpaired) electrons. The van der Waals surface area contributed by atoms with E-state index in [-0.39, 0.29) is 11.9 Å². The lowest BCUT2D eigenvalue weighted by Crippen LogP contribution is -2.49. The van der Waals surface area contributed by atoms with Crippen LogP contribution in [0.4, 0.5) is 5.69 Å². The molecular weight excluding hydrogens is 302 g/mol. The van der Waals surface area contributed by atoms with Gasteiger partial charge in [-0.05, 0) is 38.4 Å². The van der Waals surface area contributed by atoms with E-state index in [0.29, 0.717) is 18.5 Å². The lowest BCUT2D eigenvalue weighted by Gasteiger charge is -2.27. The number of benzene rings is 1. The molecule has 1 aromatic rings. The van der Waals surface area contributed by atoms with Gasteiger partial charge in [0.05, 0.1) is 0 Å². The molecule has 132 valence electrons. The Morgan fingerprint density at radius 1 is 1.29 bits per heavy atom. The number of rotatable bonds is 7. The van der Waals surface area contributed by atoms with Crippen molar-refractivity contribution in [1.29, 1.82) is 0 Å². The Bertz CT molecular complexity index is 523. The number of amides is 1. The minimum Gasteiger partial charge on any atom is -0.372 e. The number of piperidine rings is 1. The van der Waals surface area contributed by atoms with Crippen molar-refractivity contribution in [3.05, 3.63) is 30.3 Å². The summed E-state index contributed by atoms with van der Waals surface area (Å²) in [7, 11) is 0. The van der Waals surface area contributed by atoms with E-state index < -0.39 is 0 Å². The Morgan fingerprint density at radius 3 is 2.92 bits per heavy atom. The van der Waals surface area contributed by atoms with Gasteiger partial charge in [0, 0.05) is 43.8 Å². The van der Waals surface area contributed by atoms with Crippen LogP contribution in [0.3, 0.4) is 0 Å². The molecule has 0 aliphatic carbocycles. The van der Waals surface area contributed by atoms with Crippen LogP contribution in [0, 0.1) is 5.92 Å². The largest absolute Gasteiger partial charge is 0.372 e. The summed E-state index contributed by atoms with van der Waals surface area (Å²) in [5.74, 6) is 0.455. The fraction of sp³-hybridized carbons (Fsp3) is 0.611. The molecule has 0 saturated carbocycles. The van der Waals surface area contributed by atoms with Crippen LogP contribution in [0.15, 0.2) is 30.3 Å². The van der Waals surface area contributed by atoms with Crippen LogP contribution >= 0.6 is 0 Å². The predicted molar refractivity (Wildman–Crippen MR) is 96.8 cm³/mol. The third-order valence-electron chi connectivity index (χ3n) is 5.07. The minimum atomic E-state index is -0.126. The molecule has 3 rings (SSSR count). The van der Waals surface area contributed by atoms with E-state index in [0.717, 1.165) is 39.0 Å². The average Bonchev–Trinajstić information content (AvgIpc) is 3.06. The Labute approximate surface area is 144 Å². The molecule has 0 spiro atoms. The third kappa shape index (κ3) is 4.06. The van der Waals surface area contributed by atoms with Crippen LogP contribution in [0.25, 0.3) is 0 Å². The minimum absolute atomic E-state index is 0.112. The van der Waals surface area contributed by atoms with E-state index in [4.69, 9.17) is 0 Å². The molecular formula is C18H29N5O. The summed E-state index contributed by atoms with van der Waals surface area (Å²) in [5, 5.41) is 6.48. The summed E-state index contributed by atoms with van der Waals surface area (Å²) in [5.41, 5.74) is 7.68. The molecule has 1 amide bonds. The van der Waals surface area contributed by atoms with Crippen molar-refractivity contribution >= 4 is 11.6 Å². The molecule has 2 aliphatic heterocycles. The number of carbonyl (C=O) groups excluding carboxylic acids is 1. The third-order valence-corrected chi connectivity index (χ3v) is 5.07. The number of fused-ring (bicyclic) bond motifs is 1. The van der Waals surface area contributed by atoms with Gasteiger partial charge in [0.1, 0.15) is 6.04 Å². The van der Waals surface area contributed by atoms with E-state index in [1.54, 1.807) is 0 Å². The van der Waals surface area contributed by atoms with Gasteiger partial charge < -0.3 is 15.5 Å². The number of nitrogens with zero attached hydrogens (tertiary/aromatic N) is 1. The van der Waals surface area contributed by atoms with Crippen molar-refractivity contribution in [3.63, 3.8) is 0 Å². The van der Waals surface area contributed by atoms with E-state index in [1.807, 2.05) is 6.07 Å². The van der Waals surface area contributed by atoms with Gasteiger partial charge in [0.25, 0.3) is 0 Å². The summed E-state index contributed by atoms with van der Waals surface area (Å²) in [6, 6.07) is 10.7. The molecule has 4 N–H and O–H groups in total. The second kappa shape index (κ2) is 8.46. The van der Waals surface area contributed by atoms with Crippen molar-refractivity contribution in [2.45, 2.75) is 31.8 Å². The zero-order valence-corrected chi connectivity index (χ0v) is 14.4. The maximum atomic E-state index is 12.4. The Balaban J connectivity index is 1.40. The van der Waals surface area contributed by atoms with Gasteiger partial charge in [-0.25, -0.2) is 5.43 Å². The summed E-state index contributed by atoms with van der Waals surface area (Å²) in [4.78, 5) is 14.8. The summed E-state index contributed by atoms with van der Waals surface area (Å²) in [6.45, 7) is 6.73. The second-order valence-corrected chi connectivity index (χ2v) is 6.59. The summed E-state index contributed by atoms with van der Waals surface area (Å²) in [6.07, 6.45) is 2.02. The zero-order chi connectivity index (χ0) is 16.8. The lowest BCUT2D eigenvalue weighted by atomic mass is 9.89. The van der Waals surface area contributed by atoms with E-state index >= 15 is 0 Å². The van der Waals surface area contributed by atoms with Gasteiger partial charge in [0.15, 0.2) is 0 Å². The second-order valence-electron chi connectivity index (χ2n) is 6.59. The van der Waals surface area contributed by atoms with E-state index in [2.05, 4.69) is 57.6 Å². The predicted octanol–water partition coefficient (Wildman–Crippen LogP) is 0.474. The van der Waals surface area contributed by atoms with Gasteiger partial charge in [-0.3, -0.25) is 10.2 Å². The molecule has 2 fully saturated rings. The Morgan fingerprint density at radius 2 is 2.12 bits per heavy atom. The number of anilines is 1. The van der Waals surface area contributed by atoms with Gasteiger partial charge in [-0.2, -0.15) is 0 Å². The van der Waals surface area contributed by atoms with Crippen molar-refractivity contribution in [2.75, 3.05) is 37.6 Å². The molecule has 6 nitrogen and oxygen atoms in total. The first-order valence-corrected chi connectivity index (χ1v) is 9.09. The monoisotopic (exact) mass is 331 g/mol. The fourth-order valence-electron chi connectivity index (χ4n) is 3.68. The molecule has 0 bridgehead atoms. The standard InChI is InChI=1S/C18H29N5O/c1-2-23(14-7-4-3-5-8-14)12-6-10-20-18(24)17-15-13-19-11-9-16(15)21-22-17/h3-5,7-8,15-17,19,21-22H,2,6,9-13H2,1H3,(H,20,24). The highest BCUT2D eigenvalue weighted by atomic mass is 16.2. The molecule has 0 aromatic heterocycles. The maximum Gasteiger partial charge on any atom is 0.238 e. The van der Waals surface area contributed by atoms with Crippen LogP contribution < -0.4 is 26.4 Å². The quantitative estimate of drug-likeness (QED) is 0.547. The number of hydrogen-bond acceptors (Lipinski definition) is 5. The highest BCUT2D eigenvalue weighted by molar-refractivity contribution is 5.82. The number of carbonyl (C=O) groups is 1. The molecule has 2 saturated heterocycles. The summed E-state index contributed by atoms with van der Waals surface area (Å²) >= 11 is 0. The van der Waals surface area contributed by atoms with Crippen LogP contribution in [0.5, 0.6) is 0 Å². The van der Waals surface area contributed by atoms with Crippen LogP contribution in [-0.4, -0.2) is 50.7 Å². The smallest absolute Gasteiger partial charge is 0.238 e. The SMILES string of the molecule is CCN(CCCNC(=O)C1NNC2CCNCC21)c1ccccc1. The van der Waals surface area contributed by atoms with Crippen LogP contribution in [0.1, 0.15) is 19.8 Å². The highest BCUT2D eigenvalue weighted by Crippen LogP contribution is 2.20. The Kier molecular flexibility index (Phi) is 6.07. The maximum absolute atomic E-state index is 12.4. The van der Waals surface area contributed by atoms with Crippen molar-refractivity contribution in [2.24, 2.45) is 5.92 Å². The molecule has 3 unspecified atom stereocenters. The summed E-state index contributed by atoms with van der Waals surface area (Å²) < 4.78 is 0. The van der Waals surface area contributed by atoms with Gasteiger partial charge in [-0.15, -0.1) is 0 Å². The lowest BCUT2D eigenvalue weighted by molar-refractivity contribution is -0.123. The van der Waals surface area contributed by atoms with Crippen molar-refractivity contribution in [1.82, 2.24) is 21.5 Å². The van der Waals surface area contributed by atoms with Gasteiger partial charge in [-0.1, -0.05) is 18.2 Å². The molecule has 6 heteroatoms. The van der Waals surface area contributed by atoms with Gasteiger partial charge >= 0.3 is 0 Å². The normalized spacial score (nSPS) is 26.0. The van der Waals surface area contributed by atoms with Crippen molar-refractivity contribution in [3.8, 4) is 0 Å². The Hall–Kier alpha value is -1.63. The van der Waals surface area contributed by atoms with E-state index in [9.17, 15) is 4.79 Å².